The van der Waals surface area contributed by atoms with Gasteiger partial charge in [-0.25, -0.2) is 0 Å². The molecule has 0 aliphatic carbocycles. The fourth-order valence-electron chi connectivity index (χ4n) is 1.13. The SMILES string of the molecule is C[C@@H](CO)C(C)(C)O[Si](C)(C)C(C)(C)C. The second-order valence-corrected chi connectivity index (χ2v) is 11.3. The second-order valence-electron chi connectivity index (χ2n) is 6.55. The molecule has 0 aromatic heterocycles. The van der Waals surface area contributed by atoms with Crippen LogP contribution in [0.1, 0.15) is 41.5 Å². The van der Waals surface area contributed by atoms with Crippen molar-refractivity contribution >= 4 is 8.32 Å². The number of hydrogen-bond donors (Lipinski definition) is 1. The number of aliphatic hydroxyl groups excluding tert-OH is 1. The molecule has 0 bridgehead atoms. The minimum atomic E-state index is -1.73. The quantitative estimate of drug-likeness (QED) is 0.753. The smallest absolute Gasteiger partial charge is 0.192 e. The zero-order valence-corrected chi connectivity index (χ0v) is 12.6. The van der Waals surface area contributed by atoms with Gasteiger partial charge < -0.3 is 9.53 Å². The minimum absolute atomic E-state index is 0.173. The van der Waals surface area contributed by atoms with Gasteiger partial charge in [-0.15, -0.1) is 0 Å². The number of aliphatic hydroxyl groups is 1. The van der Waals surface area contributed by atoms with Gasteiger partial charge in [0.15, 0.2) is 8.32 Å². The van der Waals surface area contributed by atoms with E-state index in [-0.39, 0.29) is 23.2 Å². The summed E-state index contributed by atoms with van der Waals surface area (Å²) in [5.41, 5.74) is -0.238. The molecule has 0 unspecified atom stereocenters. The fraction of sp³-hybridized carbons (Fsp3) is 1.00. The minimum Gasteiger partial charge on any atom is -0.412 e. The molecular weight excluding hydrogens is 204 g/mol. The van der Waals surface area contributed by atoms with E-state index in [1.807, 2.05) is 6.92 Å². The van der Waals surface area contributed by atoms with Gasteiger partial charge in [-0.2, -0.15) is 0 Å². The molecule has 1 N–H and O–H groups in total. The summed E-state index contributed by atoms with van der Waals surface area (Å²) in [6.07, 6.45) is 0. The summed E-state index contributed by atoms with van der Waals surface area (Å²) < 4.78 is 6.32. The largest absolute Gasteiger partial charge is 0.412 e. The Hall–Kier alpha value is 0.137. The first-order chi connectivity index (χ1) is 6.44. The maximum atomic E-state index is 9.21. The fourth-order valence-corrected chi connectivity index (χ4v) is 2.95. The van der Waals surface area contributed by atoms with Gasteiger partial charge in [0.25, 0.3) is 0 Å². The van der Waals surface area contributed by atoms with Gasteiger partial charge in [0, 0.05) is 12.5 Å². The summed E-state index contributed by atoms with van der Waals surface area (Å²) in [4.78, 5) is 0. The Labute approximate surface area is 96.2 Å². The van der Waals surface area contributed by atoms with Crippen LogP contribution in [0.25, 0.3) is 0 Å². The predicted molar refractivity (Wildman–Crippen MR) is 68.6 cm³/mol. The maximum Gasteiger partial charge on any atom is 0.192 e. The monoisotopic (exact) mass is 232 g/mol. The van der Waals surface area contributed by atoms with Crippen molar-refractivity contribution < 1.29 is 9.53 Å². The summed E-state index contributed by atoms with van der Waals surface area (Å²) in [7, 11) is -1.73. The molecule has 0 amide bonds. The third-order valence-electron chi connectivity index (χ3n) is 3.79. The van der Waals surface area contributed by atoms with Crippen molar-refractivity contribution in [3.63, 3.8) is 0 Å². The van der Waals surface area contributed by atoms with Crippen molar-refractivity contribution in [3.05, 3.63) is 0 Å². The first kappa shape index (κ1) is 15.1. The van der Waals surface area contributed by atoms with Crippen LogP contribution in [0.4, 0.5) is 0 Å². The van der Waals surface area contributed by atoms with Gasteiger partial charge in [0.05, 0.1) is 5.60 Å². The standard InChI is InChI=1S/C12H28O2Si/c1-10(9-13)12(5,6)14-15(7,8)11(2,3)4/h10,13H,9H2,1-8H3/t10-/m0/s1. The highest BCUT2D eigenvalue weighted by atomic mass is 28.4. The molecule has 0 aliphatic heterocycles. The second kappa shape index (κ2) is 4.56. The molecule has 0 aromatic rings. The Kier molecular flexibility index (Phi) is 4.60. The molecule has 0 aliphatic rings. The zero-order valence-electron chi connectivity index (χ0n) is 11.6. The van der Waals surface area contributed by atoms with E-state index in [9.17, 15) is 5.11 Å². The van der Waals surface area contributed by atoms with E-state index < -0.39 is 8.32 Å². The molecule has 0 heterocycles. The Balaban J connectivity index is 4.72. The van der Waals surface area contributed by atoms with Crippen LogP contribution in [0.15, 0.2) is 0 Å². The van der Waals surface area contributed by atoms with Gasteiger partial charge in [0.1, 0.15) is 0 Å². The average Bonchev–Trinajstić information content (AvgIpc) is 1.98. The van der Waals surface area contributed by atoms with E-state index >= 15 is 0 Å². The molecule has 1 atom stereocenters. The molecule has 0 saturated carbocycles. The van der Waals surface area contributed by atoms with Crippen LogP contribution in [-0.2, 0) is 4.43 Å². The first-order valence-electron chi connectivity index (χ1n) is 5.75. The zero-order chi connectivity index (χ0) is 12.5. The van der Waals surface area contributed by atoms with Gasteiger partial charge in [0.2, 0.25) is 0 Å². The molecule has 0 fully saturated rings. The highest BCUT2D eigenvalue weighted by Crippen LogP contribution is 2.40. The average molecular weight is 232 g/mol. The summed E-state index contributed by atoms with van der Waals surface area (Å²) in [5, 5.41) is 9.43. The van der Waals surface area contributed by atoms with Crippen molar-refractivity contribution in [3.8, 4) is 0 Å². The van der Waals surface area contributed by atoms with Crippen LogP contribution in [-0.4, -0.2) is 25.6 Å². The molecule has 0 aromatic carbocycles. The summed E-state index contributed by atoms with van der Waals surface area (Å²) in [5.74, 6) is 0.173. The summed E-state index contributed by atoms with van der Waals surface area (Å²) in [6, 6.07) is 0. The molecule has 0 spiro atoms. The lowest BCUT2D eigenvalue weighted by atomic mass is 9.94. The number of rotatable bonds is 4. The predicted octanol–water partition coefficient (Wildman–Crippen LogP) is 3.42. The molecule has 92 valence electrons. The van der Waals surface area contributed by atoms with Gasteiger partial charge in [-0.1, -0.05) is 27.7 Å². The van der Waals surface area contributed by atoms with Crippen molar-refractivity contribution in [2.24, 2.45) is 5.92 Å². The van der Waals surface area contributed by atoms with Crippen LogP contribution < -0.4 is 0 Å². The molecule has 2 nitrogen and oxygen atoms in total. The highest BCUT2D eigenvalue weighted by Gasteiger charge is 2.42. The van der Waals surface area contributed by atoms with E-state index in [4.69, 9.17) is 4.43 Å². The van der Waals surface area contributed by atoms with Crippen LogP contribution in [0.2, 0.25) is 18.1 Å². The normalized spacial score (nSPS) is 16.6. The van der Waals surface area contributed by atoms with E-state index in [0.29, 0.717) is 0 Å². The Morgan fingerprint density at radius 3 is 1.80 bits per heavy atom. The lowest BCUT2D eigenvalue weighted by molar-refractivity contribution is 0.0112. The molecule has 0 radical (unpaired) electrons. The maximum absolute atomic E-state index is 9.21. The molecule has 0 saturated heterocycles. The summed E-state index contributed by atoms with van der Waals surface area (Å²) in [6.45, 7) is 17.6. The van der Waals surface area contributed by atoms with Crippen molar-refractivity contribution in [1.82, 2.24) is 0 Å². The first-order valence-corrected chi connectivity index (χ1v) is 8.66. The Morgan fingerprint density at radius 1 is 1.13 bits per heavy atom. The molecule has 3 heteroatoms. The Morgan fingerprint density at radius 2 is 1.53 bits per heavy atom. The lowest BCUT2D eigenvalue weighted by Crippen LogP contribution is -2.50. The Bertz CT molecular complexity index is 204. The van der Waals surface area contributed by atoms with Crippen LogP contribution in [0.3, 0.4) is 0 Å². The molecule has 0 rings (SSSR count). The van der Waals surface area contributed by atoms with Gasteiger partial charge in [-0.3, -0.25) is 0 Å². The summed E-state index contributed by atoms with van der Waals surface area (Å²) >= 11 is 0. The van der Waals surface area contributed by atoms with E-state index in [1.165, 1.54) is 0 Å². The third kappa shape index (κ3) is 3.89. The van der Waals surface area contributed by atoms with Gasteiger partial charge >= 0.3 is 0 Å². The third-order valence-corrected chi connectivity index (χ3v) is 8.43. The van der Waals surface area contributed by atoms with Crippen molar-refractivity contribution in [2.75, 3.05) is 6.61 Å². The highest BCUT2D eigenvalue weighted by molar-refractivity contribution is 6.74. The van der Waals surface area contributed by atoms with Crippen LogP contribution >= 0.6 is 0 Å². The number of hydrogen-bond acceptors (Lipinski definition) is 2. The molecular formula is C12H28O2Si. The van der Waals surface area contributed by atoms with Gasteiger partial charge in [-0.05, 0) is 32.0 Å². The van der Waals surface area contributed by atoms with E-state index in [1.54, 1.807) is 0 Å². The lowest BCUT2D eigenvalue weighted by Gasteiger charge is -2.44. The van der Waals surface area contributed by atoms with Crippen molar-refractivity contribution in [2.45, 2.75) is 65.3 Å². The van der Waals surface area contributed by atoms with Crippen LogP contribution in [0, 0.1) is 5.92 Å². The molecule has 15 heavy (non-hydrogen) atoms. The topological polar surface area (TPSA) is 29.5 Å². The van der Waals surface area contributed by atoms with Crippen LogP contribution in [0.5, 0.6) is 0 Å². The van der Waals surface area contributed by atoms with E-state index in [0.717, 1.165) is 0 Å². The van der Waals surface area contributed by atoms with Crippen molar-refractivity contribution in [1.29, 1.82) is 0 Å². The van der Waals surface area contributed by atoms with E-state index in [2.05, 4.69) is 47.7 Å².